The number of sulfonamides is 1. The minimum absolute atomic E-state index is 0.00664. The number of anilines is 1. The number of aromatic nitrogens is 2. The number of pyridine rings is 1. The lowest BCUT2D eigenvalue weighted by Crippen LogP contribution is -2.54. The van der Waals surface area contributed by atoms with Gasteiger partial charge in [0.2, 0.25) is 10.0 Å². The van der Waals surface area contributed by atoms with Crippen LogP contribution in [0.25, 0.3) is 5.52 Å². The lowest BCUT2D eigenvalue weighted by Gasteiger charge is -2.39. The fourth-order valence-electron chi connectivity index (χ4n) is 3.83. The van der Waals surface area contributed by atoms with E-state index in [2.05, 4.69) is 19.9 Å². The molecule has 180 valence electrons. The van der Waals surface area contributed by atoms with Crippen LogP contribution in [0.5, 0.6) is 0 Å². The fourth-order valence-corrected chi connectivity index (χ4v) is 5.86. The van der Waals surface area contributed by atoms with Crippen molar-refractivity contribution in [1.29, 1.82) is 10.8 Å². The Morgan fingerprint density at radius 1 is 1.36 bits per heavy atom. The van der Waals surface area contributed by atoms with Gasteiger partial charge in [-0.1, -0.05) is 0 Å². The van der Waals surface area contributed by atoms with Crippen LogP contribution in [0.1, 0.15) is 39.4 Å². The Bertz CT molecular complexity index is 1210. The molecule has 0 amide bonds. The van der Waals surface area contributed by atoms with Gasteiger partial charge in [-0.25, -0.2) is 26.9 Å². The van der Waals surface area contributed by atoms with Crippen LogP contribution in [-0.4, -0.2) is 65.0 Å². The molecule has 33 heavy (non-hydrogen) atoms. The standard InChI is InChI=1S/C20H27F2N7O2S2/c1-11-9-28(12(2)7-25-11)14-6-13(33(30,31)27-20(3)4-5-20)10-29-15(14)8-26-19(29)18(24)32-17(23)16(21)22/h6,8,10-12,16,23-25,27H,4-5,7,9H2,1-3H3/t11-,12-/m0/s1. The molecule has 1 saturated heterocycles. The lowest BCUT2D eigenvalue weighted by molar-refractivity contribution is 0.228. The molecule has 4 rings (SSSR count). The van der Waals surface area contributed by atoms with Gasteiger partial charge in [0.15, 0.2) is 5.82 Å². The molecule has 13 heteroatoms. The van der Waals surface area contributed by atoms with E-state index in [1.807, 2.05) is 20.8 Å². The SMILES string of the molecule is C[C@H]1CN(c2cc(S(=O)(=O)NC3(C)CC3)cn3c(C(=N)SC(=N)C(F)F)ncc23)[C@@H](C)CN1. The molecule has 2 aliphatic rings. The second-order valence-corrected chi connectivity index (χ2v) is 11.7. The first kappa shape index (κ1) is 24.0. The third kappa shape index (κ3) is 4.91. The van der Waals surface area contributed by atoms with E-state index >= 15 is 0 Å². The summed E-state index contributed by atoms with van der Waals surface area (Å²) in [6.45, 7) is 7.25. The van der Waals surface area contributed by atoms with Crippen LogP contribution in [0.3, 0.4) is 0 Å². The first-order valence-corrected chi connectivity index (χ1v) is 12.9. The number of rotatable bonds is 6. The Labute approximate surface area is 195 Å². The lowest BCUT2D eigenvalue weighted by atomic mass is 10.1. The van der Waals surface area contributed by atoms with Crippen LogP contribution in [-0.2, 0) is 10.0 Å². The highest BCUT2D eigenvalue weighted by atomic mass is 32.2. The summed E-state index contributed by atoms with van der Waals surface area (Å²) in [5.74, 6) is 0.00664. The van der Waals surface area contributed by atoms with Gasteiger partial charge in [0, 0.05) is 36.9 Å². The van der Waals surface area contributed by atoms with Crippen molar-refractivity contribution in [2.24, 2.45) is 0 Å². The number of nitrogens with one attached hydrogen (secondary N) is 4. The Morgan fingerprint density at radius 3 is 2.70 bits per heavy atom. The highest BCUT2D eigenvalue weighted by Crippen LogP contribution is 2.37. The van der Waals surface area contributed by atoms with Crippen LogP contribution in [0, 0.1) is 10.8 Å². The van der Waals surface area contributed by atoms with Crippen molar-refractivity contribution in [3.05, 3.63) is 24.3 Å². The third-order valence-corrected chi connectivity index (χ3v) is 8.36. The highest BCUT2D eigenvalue weighted by Gasteiger charge is 2.41. The second-order valence-electron chi connectivity index (χ2n) is 8.97. The Balaban J connectivity index is 1.84. The summed E-state index contributed by atoms with van der Waals surface area (Å²) in [5.41, 5.74) is 0.730. The van der Waals surface area contributed by atoms with Gasteiger partial charge in [-0.15, -0.1) is 0 Å². The molecule has 2 aromatic heterocycles. The fraction of sp³-hybridized carbons (Fsp3) is 0.550. The van der Waals surface area contributed by atoms with Gasteiger partial charge in [0.05, 0.1) is 17.4 Å². The van der Waals surface area contributed by atoms with Crippen molar-refractivity contribution < 1.29 is 17.2 Å². The number of piperazine rings is 1. The van der Waals surface area contributed by atoms with Crippen molar-refractivity contribution in [1.82, 2.24) is 19.4 Å². The Kier molecular flexibility index (Phi) is 6.27. The van der Waals surface area contributed by atoms with E-state index in [9.17, 15) is 17.2 Å². The molecule has 0 unspecified atom stereocenters. The number of alkyl halides is 2. The summed E-state index contributed by atoms with van der Waals surface area (Å²) in [5, 5.41) is 17.7. The Hall–Kier alpha value is -2.09. The maximum atomic E-state index is 13.2. The molecule has 0 radical (unpaired) electrons. The minimum Gasteiger partial charge on any atom is -0.364 e. The highest BCUT2D eigenvalue weighted by molar-refractivity contribution is 8.26. The first-order chi connectivity index (χ1) is 15.4. The number of nitrogens with zero attached hydrogens (tertiary/aromatic N) is 3. The van der Waals surface area contributed by atoms with Gasteiger partial charge in [-0.2, -0.15) is 0 Å². The zero-order valence-corrected chi connectivity index (χ0v) is 20.2. The summed E-state index contributed by atoms with van der Waals surface area (Å²) in [7, 11) is -3.88. The molecule has 3 heterocycles. The zero-order valence-electron chi connectivity index (χ0n) is 18.5. The summed E-state index contributed by atoms with van der Waals surface area (Å²) in [4.78, 5) is 6.34. The van der Waals surface area contributed by atoms with E-state index in [-0.39, 0.29) is 27.8 Å². The molecule has 0 bridgehead atoms. The van der Waals surface area contributed by atoms with Gasteiger partial charge < -0.3 is 10.2 Å². The predicted molar refractivity (Wildman–Crippen MR) is 126 cm³/mol. The molecule has 1 aliphatic carbocycles. The molecule has 2 atom stereocenters. The number of imidazole rings is 1. The third-order valence-electron chi connectivity index (χ3n) is 5.97. The van der Waals surface area contributed by atoms with Gasteiger partial charge in [-0.3, -0.25) is 15.2 Å². The van der Waals surface area contributed by atoms with E-state index in [4.69, 9.17) is 10.8 Å². The molecular formula is C20H27F2N7O2S2. The van der Waals surface area contributed by atoms with Crippen molar-refractivity contribution in [2.75, 3.05) is 18.0 Å². The summed E-state index contributed by atoms with van der Waals surface area (Å²) < 4.78 is 56.3. The molecule has 4 N–H and O–H groups in total. The van der Waals surface area contributed by atoms with Gasteiger partial charge in [-0.05, 0) is 51.4 Å². The summed E-state index contributed by atoms with van der Waals surface area (Å²) in [6, 6.07) is 1.85. The van der Waals surface area contributed by atoms with E-state index in [0.717, 1.165) is 12.8 Å². The molecule has 1 aliphatic heterocycles. The van der Waals surface area contributed by atoms with Gasteiger partial charge in [0.1, 0.15) is 15.0 Å². The number of hydrogen-bond donors (Lipinski definition) is 4. The monoisotopic (exact) mass is 499 g/mol. The van der Waals surface area contributed by atoms with E-state index < -0.39 is 27.0 Å². The smallest absolute Gasteiger partial charge is 0.285 e. The number of fused-ring (bicyclic) bond motifs is 1. The van der Waals surface area contributed by atoms with Crippen LogP contribution >= 0.6 is 11.8 Å². The van der Waals surface area contributed by atoms with Crippen molar-refractivity contribution in [3.8, 4) is 0 Å². The van der Waals surface area contributed by atoms with E-state index in [0.29, 0.717) is 36.1 Å². The van der Waals surface area contributed by atoms with Crippen molar-refractivity contribution in [3.63, 3.8) is 0 Å². The maximum absolute atomic E-state index is 13.2. The van der Waals surface area contributed by atoms with Crippen molar-refractivity contribution in [2.45, 2.75) is 62.6 Å². The first-order valence-electron chi connectivity index (χ1n) is 10.6. The quantitative estimate of drug-likeness (QED) is 0.358. The van der Waals surface area contributed by atoms with Crippen LogP contribution in [0.4, 0.5) is 14.5 Å². The number of halogens is 2. The summed E-state index contributed by atoms with van der Waals surface area (Å²) in [6.07, 6.45) is 1.38. The molecule has 0 spiro atoms. The van der Waals surface area contributed by atoms with Crippen molar-refractivity contribution >= 4 is 43.1 Å². The average molecular weight is 500 g/mol. The zero-order chi connectivity index (χ0) is 24.1. The van der Waals surface area contributed by atoms with Gasteiger partial charge >= 0.3 is 0 Å². The molecular weight excluding hydrogens is 472 g/mol. The predicted octanol–water partition coefficient (Wildman–Crippen LogP) is 2.65. The van der Waals surface area contributed by atoms with Crippen LogP contribution in [0.15, 0.2) is 23.4 Å². The number of thioether (sulfide) groups is 1. The normalized spacial score (nSPS) is 22.7. The second kappa shape index (κ2) is 8.60. The average Bonchev–Trinajstić information content (AvgIpc) is 3.29. The van der Waals surface area contributed by atoms with E-state index in [1.54, 1.807) is 6.07 Å². The summed E-state index contributed by atoms with van der Waals surface area (Å²) >= 11 is 0.301. The molecule has 2 aromatic rings. The number of hydrogen-bond acceptors (Lipinski definition) is 8. The minimum atomic E-state index is -3.88. The molecule has 9 nitrogen and oxygen atoms in total. The van der Waals surface area contributed by atoms with E-state index in [1.165, 1.54) is 16.8 Å². The molecule has 0 aromatic carbocycles. The molecule has 1 saturated carbocycles. The van der Waals surface area contributed by atoms with Crippen LogP contribution in [0.2, 0.25) is 0 Å². The molecule has 2 fully saturated rings. The Morgan fingerprint density at radius 2 is 2.06 bits per heavy atom. The maximum Gasteiger partial charge on any atom is 0.285 e. The largest absolute Gasteiger partial charge is 0.364 e. The topological polar surface area (TPSA) is 126 Å². The van der Waals surface area contributed by atoms with Crippen LogP contribution < -0.4 is 14.9 Å². The van der Waals surface area contributed by atoms with Gasteiger partial charge in [0.25, 0.3) is 6.43 Å².